The Hall–Kier alpha value is -1.64. The van der Waals surface area contributed by atoms with Gasteiger partial charge in [0.1, 0.15) is 0 Å². The van der Waals surface area contributed by atoms with Crippen molar-refractivity contribution in [3.63, 3.8) is 0 Å². The summed E-state index contributed by atoms with van der Waals surface area (Å²) in [7, 11) is 1.80. The Balaban J connectivity index is 1.45. The van der Waals surface area contributed by atoms with Crippen LogP contribution in [0, 0.1) is 0 Å². The van der Waals surface area contributed by atoms with Crippen LogP contribution in [0.4, 0.5) is 10.8 Å². The van der Waals surface area contributed by atoms with Crippen LogP contribution in [0.2, 0.25) is 0 Å². The average molecular weight is 364 g/mol. The fourth-order valence-corrected chi connectivity index (χ4v) is 4.09. The lowest BCUT2D eigenvalue weighted by Crippen LogP contribution is -2.18. The van der Waals surface area contributed by atoms with Crippen molar-refractivity contribution in [3.8, 4) is 0 Å². The van der Waals surface area contributed by atoms with E-state index in [1.54, 1.807) is 7.05 Å². The van der Waals surface area contributed by atoms with E-state index in [0.717, 1.165) is 21.7 Å². The van der Waals surface area contributed by atoms with E-state index in [0.29, 0.717) is 5.75 Å². The second kappa shape index (κ2) is 8.46. The minimum absolute atomic E-state index is 0.0338. The number of hydrogen-bond donors (Lipinski definition) is 2. The second-order valence-corrected chi connectivity index (χ2v) is 7.84. The lowest BCUT2D eigenvalue weighted by Gasteiger charge is -2.14. The van der Waals surface area contributed by atoms with Crippen molar-refractivity contribution in [1.29, 1.82) is 0 Å². The molecule has 1 saturated heterocycles. The second-order valence-electron chi connectivity index (χ2n) is 5.64. The van der Waals surface area contributed by atoms with Crippen LogP contribution in [0.15, 0.2) is 28.6 Å². The fourth-order valence-electron chi connectivity index (χ4n) is 2.59. The topological polar surface area (TPSA) is 70.1 Å². The minimum Gasteiger partial charge on any atom is -0.363 e. The van der Waals surface area contributed by atoms with Crippen molar-refractivity contribution in [2.75, 3.05) is 36.5 Å². The fraction of sp³-hybridized carbons (Fsp3) is 0.438. The standard InChI is InChI=1S/C16H21N5OS2/c1-17-15-19-20-16(24-15)23-11-14(22)18-13-6-4-12(5-7-13)10-21-8-2-3-9-21/h4-7H,2-3,8-11H2,1H3,(H,17,19)(H,18,22). The molecule has 0 aliphatic carbocycles. The highest BCUT2D eigenvalue weighted by atomic mass is 32.2. The molecule has 8 heteroatoms. The van der Waals surface area contributed by atoms with Crippen LogP contribution < -0.4 is 10.6 Å². The van der Waals surface area contributed by atoms with Crippen molar-refractivity contribution in [2.45, 2.75) is 23.7 Å². The Labute approximate surface area is 150 Å². The number of aromatic nitrogens is 2. The Bertz CT molecular complexity index is 667. The average Bonchev–Trinajstić information content (AvgIpc) is 3.26. The van der Waals surface area contributed by atoms with E-state index in [2.05, 4.69) is 37.9 Å². The molecule has 0 atom stereocenters. The summed E-state index contributed by atoms with van der Waals surface area (Å²) < 4.78 is 0.787. The van der Waals surface area contributed by atoms with Gasteiger partial charge in [0.25, 0.3) is 0 Å². The molecule has 2 aromatic rings. The third-order valence-electron chi connectivity index (χ3n) is 3.79. The predicted octanol–water partition coefficient (Wildman–Crippen LogP) is 2.91. The molecular weight excluding hydrogens is 342 g/mol. The highest BCUT2D eigenvalue weighted by molar-refractivity contribution is 8.01. The smallest absolute Gasteiger partial charge is 0.234 e. The number of hydrogen-bond acceptors (Lipinski definition) is 7. The molecule has 1 aliphatic heterocycles. The summed E-state index contributed by atoms with van der Waals surface area (Å²) in [6.07, 6.45) is 2.60. The number of likely N-dealkylation sites (tertiary alicyclic amines) is 1. The molecule has 1 amide bonds. The first kappa shape index (κ1) is 17.2. The summed E-state index contributed by atoms with van der Waals surface area (Å²) in [6.45, 7) is 3.38. The first-order valence-electron chi connectivity index (χ1n) is 7.98. The molecule has 2 N–H and O–H groups in total. The van der Waals surface area contributed by atoms with Crippen LogP contribution in [-0.4, -0.2) is 46.9 Å². The van der Waals surface area contributed by atoms with Gasteiger partial charge in [-0.2, -0.15) is 0 Å². The van der Waals surface area contributed by atoms with Gasteiger partial charge in [-0.1, -0.05) is 35.2 Å². The molecule has 3 rings (SSSR count). The molecule has 128 valence electrons. The summed E-state index contributed by atoms with van der Waals surface area (Å²) in [5.41, 5.74) is 2.12. The molecule has 1 aromatic heterocycles. The zero-order valence-electron chi connectivity index (χ0n) is 13.6. The van der Waals surface area contributed by atoms with E-state index in [1.807, 2.05) is 12.1 Å². The lowest BCUT2D eigenvalue weighted by molar-refractivity contribution is -0.113. The Morgan fingerprint density at radius 3 is 2.67 bits per heavy atom. The Kier molecular flexibility index (Phi) is 6.06. The summed E-state index contributed by atoms with van der Waals surface area (Å²) in [4.78, 5) is 14.5. The number of rotatable bonds is 7. The van der Waals surface area contributed by atoms with Crippen LogP contribution >= 0.6 is 23.1 Å². The van der Waals surface area contributed by atoms with Gasteiger partial charge >= 0.3 is 0 Å². The van der Waals surface area contributed by atoms with Crippen LogP contribution in [-0.2, 0) is 11.3 Å². The zero-order chi connectivity index (χ0) is 16.8. The third-order valence-corrected chi connectivity index (χ3v) is 5.86. The van der Waals surface area contributed by atoms with Gasteiger partial charge in [0, 0.05) is 19.3 Å². The summed E-state index contributed by atoms with van der Waals surface area (Å²) >= 11 is 2.84. The molecule has 0 saturated carbocycles. The molecule has 6 nitrogen and oxygen atoms in total. The first-order chi connectivity index (χ1) is 11.7. The number of carbonyl (C=O) groups is 1. The summed E-state index contributed by atoms with van der Waals surface area (Å²) in [5, 5.41) is 14.6. The van der Waals surface area contributed by atoms with E-state index in [9.17, 15) is 4.79 Å². The highest BCUT2D eigenvalue weighted by Crippen LogP contribution is 2.25. The SMILES string of the molecule is CNc1nnc(SCC(=O)Nc2ccc(CN3CCCC3)cc2)s1. The van der Waals surface area contributed by atoms with Gasteiger partial charge in [-0.15, -0.1) is 10.2 Å². The van der Waals surface area contributed by atoms with Crippen molar-refractivity contribution in [3.05, 3.63) is 29.8 Å². The quantitative estimate of drug-likeness (QED) is 0.737. The molecule has 24 heavy (non-hydrogen) atoms. The largest absolute Gasteiger partial charge is 0.363 e. The number of carbonyl (C=O) groups excluding carboxylic acids is 1. The van der Waals surface area contributed by atoms with Gasteiger partial charge < -0.3 is 10.6 Å². The van der Waals surface area contributed by atoms with E-state index in [-0.39, 0.29) is 5.91 Å². The first-order valence-corrected chi connectivity index (χ1v) is 9.78. The molecule has 1 aromatic carbocycles. The van der Waals surface area contributed by atoms with Crippen LogP contribution in [0.25, 0.3) is 0 Å². The van der Waals surface area contributed by atoms with Gasteiger partial charge in [0.05, 0.1) is 5.75 Å². The predicted molar refractivity (Wildman–Crippen MR) is 99.8 cm³/mol. The van der Waals surface area contributed by atoms with Gasteiger partial charge in [0.2, 0.25) is 11.0 Å². The molecule has 0 unspecified atom stereocenters. The molecular formula is C16H21N5OS2. The zero-order valence-corrected chi connectivity index (χ0v) is 15.3. The molecule has 0 spiro atoms. The number of thioether (sulfide) groups is 1. The van der Waals surface area contributed by atoms with Gasteiger partial charge in [-0.25, -0.2) is 0 Å². The summed E-state index contributed by atoms with van der Waals surface area (Å²) in [6, 6.07) is 8.12. The van der Waals surface area contributed by atoms with Crippen molar-refractivity contribution < 1.29 is 4.79 Å². The van der Waals surface area contributed by atoms with E-state index >= 15 is 0 Å². The summed E-state index contributed by atoms with van der Waals surface area (Å²) in [5.74, 6) is 0.293. The van der Waals surface area contributed by atoms with Crippen molar-refractivity contribution in [1.82, 2.24) is 15.1 Å². The maximum absolute atomic E-state index is 12.0. The van der Waals surface area contributed by atoms with Crippen molar-refractivity contribution >= 4 is 39.8 Å². The number of anilines is 2. The number of benzene rings is 1. The third kappa shape index (κ3) is 4.93. The molecule has 0 bridgehead atoms. The Morgan fingerprint density at radius 2 is 2.00 bits per heavy atom. The van der Waals surface area contributed by atoms with Gasteiger partial charge in [-0.3, -0.25) is 9.69 Å². The minimum atomic E-state index is -0.0338. The maximum atomic E-state index is 12.0. The normalized spacial score (nSPS) is 14.7. The van der Waals surface area contributed by atoms with Crippen LogP contribution in [0.1, 0.15) is 18.4 Å². The Morgan fingerprint density at radius 1 is 1.25 bits per heavy atom. The monoisotopic (exact) mass is 363 g/mol. The highest BCUT2D eigenvalue weighted by Gasteiger charge is 2.12. The maximum Gasteiger partial charge on any atom is 0.234 e. The molecule has 1 fully saturated rings. The molecule has 0 radical (unpaired) electrons. The number of nitrogens with zero attached hydrogens (tertiary/aromatic N) is 3. The van der Waals surface area contributed by atoms with E-state index in [4.69, 9.17) is 0 Å². The number of nitrogens with one attached hydrogen (secondary N) is 2. The van der Waals surface area contributed by atoms with E-state index < -0.39 is 0 Å². The molecule has 2 heterocycles. The van der Waals surface area contributed by atoms with Gasteiger partial charge in [0.15, 0.2) is 4.34 Å². The van der Waals surface area contributed by atoms with E-state index in [1.165, 1.54) is 54.6 Å². The van der Waals surface area contributed by atoms with Crippen LogP contribution in [0.3, 0.4) is 0 Å². The van der Waals surface area contributed by atoms with Crippen LogP contribution in [0.5, 0.6) is 0 Å². The van der Waals surface area contributed by atoms with Crippen molar-refractivity contribution in [2.24, 2.45) is 0 Å². The van der Waals surface area contributed by atoms with Gasteiger partial charge in [-0.05, 0) is 43.6 Å². The molecule has 1 aliphatic rings. The lowest BCUT2D eigenvalue weighted by atomic mass is 10.2. The number of amides is 1.